The standard InChI is InChI=1S/C23H38/c1-3-5-6-9-21-16-18-23(19-17-21)11-8-7-10-22-14-12-20(4-2)13-15-22/h7,10,20-23H,3-6,9,12-19H2,1-2H3. The van der Waals surface area contributed by atoms with Gasteiger partial charge in [-0.15, -0.1) is 0 Å². The summed E-state index contributed by atoms with van der Waals surface area (Å²) < 4.78 is 0. The quantitative estimate of drug-likeness (QED) is 0.361. The van der Waals surface area contributed by atoms with E-state index in [9.17, 15) is 0 Å². The van der Waals surface area contributed by atoms with E-state index in [0.717, 1.165) is 17.8 Å². The van der Waals surface area contributed by atoms with Crippen molar-refractivity contribution in [3.05, 3.63) is 12.2 Å². The fourth-order valence-corrected chi connectivity index (χ4v) is 4.42. The van der Waals surface area contributed by atoms with Crippen molar-refractivity contribution < 1.29 is 0 Å². The zero-order valence-corrected chi connectivity index (χ0v) is 15.7. The normalized spacial score (nSPS) is 31.7. The van der Waals surface area contributed by atoms with E-state index in [4.69, 9.17) is 0 Å². The predicted molar refractivity (Wildman–Crippen MR) is 102 cm³/mol. The molecule has 2 rings (SSSR count). The van der Waals surface area contributed by atoms with Gasteiger partial charge in [0.2, 0.25) is 0 Å². The minimum atomic E-state index is 0.679. The van der Waals surface area contributed by atoms with Gasteiger partial charge in [-0.3, -0.25) is 0 Å². The highest BCUT2D eigenvalue weighted by Gasteiger charge is 2.19. The third kappa shape index (κ3) is 7.15. The van der Waals surface area contributed by atoms with Gasteiger partial charge in [0.05, 0.1) is 0 Å². The van der Waals surface area contributed by atoms with Crippen LogP contribution in [0.15, 0.2) is 12.2 Å². The second-order valence-electron chi connectivity index (χ2n) is 8.05. The lowest BCUT2D eigenvalue weighted by atomic mass is 9.80. The van der Waals surface area contributed by atoms with Crippen LogP contribution in [-0.4, -0.2) is 0 Å². The molecule has 2 fully saturated rings. The molecule has 0 spiro atoms. The van der Waals surface area contributed by atoms with Gasteiger partial charge >= 0.3 is 0 Å². The van der Waals surface area contributed by atoms with E-state index in [1.165, 1.54) is 83.5 Å². The molecule has 0 heteroatoms. The Bertz CT molecular complexity index is 378. The summed E-state index contributed by atoms with van der Waals surface area (Å²) in [5.41, 5.74) is 0. The van der Waals surface area contributed by atoms with Gasteiger partial charge in [-0.1, -0.05) is 63.9 Å². The highest BCUT2D eigenvalue weighted by Crippen LogP contribution is 2.32. The fraction of sp³-hybridized carbons (Fsp3) is 0.826. The van der Waals surface area contributed by atoms with Crippen molar-refractivity contribution in [2.75, 3.05) is 0 Å². The van der Waals surface area contributed by atoms with Gasteiger partial charge in [0, 0.05) is 5.92 Å². The Labute approximate surface area is 145 Å². The lowest BCUT2D eigenvalue weighted by Gasteiger charge is -2.25. The molecule has 0 N–H and O–H groups in total. The molecule has 2 aliphatic rings. The van der Waals surface area contributed by atoms with Crippen LogP contribution in [0, 0.1) is 35.5 Å². The monoisotopic (exact) mass is 314 g/mol. The first-order valence-electron chi connectivity index (χ1n) is 10.5. The van der Waals surface area contributed by atoms with E-state index in [0.29, 0.717) is 5.92 Å². The second-order valence-corrected chi connectivity index (χ2v) is 8.05. The molecule has 0 aliphatic heterocycles. The summed E-state index contributed by atoms with van der Waals surface area (Å²) in [5.74, 6) is 10.4. The summed E-state index contributed by atoms with van der Waals surface area (Å²) >= 11 is 0. The Hall–Kier alpha value is -0.700. The maximum atomic E-state index is 3.53. The number of hydrogen-bond acceptors (Lipinski definition) is 0. The molecule has 0 nitrogen and oxygen atoms in total. The molecule has 0 amide bonds. The molecule has 0 aromatic rings. The third-order valence-electron chi connectivity index (χ3n) is 6.27. The van der Waals surface area contributed by atoms with Crippen molar-refractivity contribution in [1.82, 2.24) is 0 Å². The fourth-order valence-electron chi connectivity index (χ4n) is 4.42. The summed E-state index contributed by atoms with van der Waals surface area (Å²) in [4.78, 5) is 0. The molecule has 0 unspecified atom stereocenters. The largest absolute Gasteiger partial charge is 0.0951 e. The number of hydrogen-bond donors (Lipinski definition) is 0. The minimum Gasteiger partial charge on any atom is -0.0951 e. The Morgan fingerprint density at radius 1 is 0.826 bits per heavy atom. The smallest absolute Gasteiger partial charge is 0.0206 e. The Morgan fingerprint density at radius 3 is 2.17 bits per heavy atom. The van der Waals surface area contributed by atoms with Gasteiger partial charge in [-0.25, -0.2) is 0 Å². The van der Waals surface area contributed by atoms with E-state index < -0.39 is 0 Å². The van der Waals surface area contributed by atoms with Gasteiger partial charge in [0.25, 0.3) is 0 Å². The Kier molecular flexibility index (Phi) is 8.88. The summed E-state index contributed by atoms with van der Waals surface area (Å²) in [5, 5.41) is 0. The first-order chi connectivity index (χ1) is 11.3. The zero-order chi connectivity index (χ0) is 16.3. The zero-order valence-electron chi connectivity index (χ0n) is 15.7. The number of allylic oxidation sites excluding steroid dienone is 2. The minimum absolute atomic E-state index is 0.679. The van der Waals surface area contributed by atoms with Crippen LogP contribution in [0.5, 0.6) is 0 Å². The first-order valence-corrected chi connectivity index (χ1v) is 10.5. The lowest BCUT2D eigenvalue weighted by Crippen LogP contribution is -2.13. The van der Waals surface area contributed by atoms with Crippen LogP contribution in [0.1, 0.15) is 97.3 Å². The van der Waals surface area contributed by atoms with E-state index in [1.54, 1.807) is 0 Å². The molecule has 0 atom stereocenters. The Balaban J connectivity index is 1.61. The van der Waals surface area contributed by atoms with Gasteiger partial charge < -0.3 is 0 Å². The van der Waals surface area contributed by atoms with Crippen molar-refractivity contribution in [3.63, 3.8) is 0 Å². The number of rotatable bonds is 6. The third-order valence-corrected chi connectivity index (χ3v) is 6.27. The van der Waals surface area contributed by atoms with Gasteiger partial charge in [-0.2, -0.15) is 0 Å². The average Bonchev–Trinajstić information content (AvgIpc) is 2.61. The van der Waals surface area contributed by atoms with Crippen LogP contribution in [0.3, 0.4) is 0 Å². The molecule has 130 valence electrons. The van der Waals surface area contributed by atoms with E-state index in [2.05, 4.69) is 37.8 Å². The molecule has 0 aromatic carbocycles. The topological polar surface area (TPSA) is 0 Å². The average molecular weight is 315 g/mol. The highest BCUT2D eigenvalue weighted by atomic mass is 14.2. The molecule has 23 heavy (non-hydrogen) atoms. The molecule has 0 heterocycles. The van der Waals surface area contributed by atoms with Gasteiger partial charge in [-0.05, 0) is 75.2 Å². The van der Waals surface area contributed by atoms with Crippen molar-refractivity contribution >= 4 is 0 Å². The lowest BCUT2D eigenvalue weighted by molar-refractivity contribution is 0.294. The molecule has 0 aromatic heterocycles. The van der Waals surface area contributed by atoms with Crippen molar-refractivity contribution in [2.24, 2.45) is 23.7 Å². The number of unbranched alkanes of at least 4 members (excludes halogenated alkanes) is 2. The molecule has 0 radical (unpaired) electrons. The predicted octanol–water partition coefficient (Wildman–Crippen LogP) is 7.15. The van der Waals surface area contributed by atoms with Crippen molar-refractivity contribution in [3.8, 4) is 11.8 Å². The second kappa shape index (κ2) is 11.0. The highest BCUT2D eigenvalue weighted by molar-refractivity contribution is 5.18. The van der Waals surface area contributed by atoms with Crippen LogP contribution < -0.4 is 0 Å². The molecule has 2 aliphatic carbocycles. The summed E-state index contributed by atoms with van der Waals surface area (Å²) in [6.07, 6.45) is 22.8. The van der Waals surface area contributed by atoms with Crippen molar-refractivity contribution in [1.29, 1.82) is 0 Å². The molecular weight excluding hydrogens is 276 g/mol. The van der Waals surface area contributed by atoms with Crippen LogP contribution >= 0.6 is 0 Å². The maximum Gasteiger partial charge on any atom is 0.0206 e. The molecular formula is C23H38. The van der Waals surface area contributed by atoms with Crippen LogP contribution in [0.25, 0.3) is 0 Å². The van der Waals surface area contributed by atoms with E-state index in [-0.39, 0.29) is 0 Å². The first kappa shape index (κ1) is 18.6. The maximum absolute atomic E-state index is 3.53. The summed E-state index contributed by atoms with van der Waals surface area (Å²) in [6.45, 7) is 4.64. The van der Waals surface area contributed by atoms with Crippen LogP contribution in [0.4, 0.5) is 0 Å². The SMILES string of the molecule is CCCCCC1CCC(C#CC=CC2CCC(CC)CC2)CC1. The van der Waals surface area contributed by atoms with Gasteiger partial charge in [0.15, 0.2) is 0 Å². The Morgan fingerprint density at radius 2 is 1.52 bits per heavy atom. The molecule has 2 saturated carbocycles. The van der Waals surface area contributed by atoms with E-state index >= 15 is 0 Å². The van der Waals surface area contributed by atoms with Gasteiger partial charge in [0.1, 0.15) is 0 Å². The molecule has 0 bridgehead atoms. The van der Waals surface area contributed by atoms with E-state index in [1.807, 2.05) is 0 Å². The van der Waals surface area contributed by atoms with Crippen molar-refractivity contribution in [2.45, 2.75) is 97.3 Å². The molecule has 0 saturated heterocycles. The van der Waals surface area contributed by atoms with Crippen LogP contribution in [0.2, 0.25) is 0 Å². The van der Waals surface area contributed by atoms with Crippen LogP contribution in [-0.2, 0) is 0 Å². The summed E-state index contributed by atoms with van der Waals surface area (Å²) in [6, 6.07) is 0. The summed E-state index contributed by atoms with van der Waals surface area (Å²) in [7, 11) is 0.